The van der Waals surface area contributed by atoms with Crippen molar-refractivity contribution in [3.05, 3.63) is 60.8 Å². The molecule has 128 valence electrons. The fraction of sp³-hybridized carbons (Fsp3) is 0.211. The molecule has 25 heavy (non-hydrogen) atoms. The van der Waals surface area contributed by atoms with Crippen LogP contribution >= 0.6 is 0 Å². The molecule has 3 aromatic rings. The van der Waals surface area contributed by atoms with Crippen molar-refractivity contribution in [2.75, 3.05) is 23.3 Å². The van der Waals surface area contributed by atoms with Crippen molar-refractivity contribution in [3.63, 3.8) is 0 Å². The van der Waals surface area contributed by atoms with Crippen molar-refractivity contribution >= 4 is 17.5 Å². The minimum atomic E-state index is 0.473. The minimum absolute atomic E-state index is 0.473. The molecule has 0 unspecified atom stereocenters. The number of nitrogens with zero attached hydrogens (tertiary/aromatic N) is 4. The van der Waals surface area contributed by atoms with E-state index in [9.17, 15) is 0 Å². The number of hydrogen-bond donors (Lipinski definition) is 1. The summed E-state index contributed by atoms with van der Waals surface area (Å²) in [5.74, 6) is 2.86. The van der Waals surface area contributed by atoms with Crippen LogP contribution in [0.25, 0.3) is 0 Å². The van der Waals surface area contributed by atoms with Crippen molar-refractivity contribution in [1.29, 1.82) is 0 Å². The topological polar surface area (TPSA) is 63.2 Å². The van der Waals surface area contributed by atoms with E-state index in [0.717, 1.165) is 36.1 Å². The highest BCUT2D eigenvalue weighted by atomic mass is 16.5. The predicted molar refractivity (Wildman–Crippen MR) is 99.6 cm³/mol. The molecule has 1 aromatic heterocycles. The van der Waals surface area contributed by atoms with Gasteiger partial charge in [0, 0.05) is 18.8 Å². The molecule has 0 spiro atoms. The fourth-order valence-corrected chi connectivity index (χ4v) is 2.41. The van der Waals surface area contributed by atoms with Crippen molar-refractivity contribution in [2.24, 2.45) is 0 Å². The second-order valence-corrected chi connectivity index (χ2v) is 5.37. The summed E-state index contributed by atoms with van der Waals surface area (Å²) in [6.45, 7) is 5.93. The van der Waals surface area contributed by atoms with Gasteiger partial charge in [0.05, 0.1) is 6.20 Å². The molecular weight excluding hydrogens is 314 g/mol. The molecule has 2 aromatic carbocycles. The third-order valence-corrected chi connectivity index (χ3v) is 3.72. The van der Waals surface area contributed by atoms with E-state index in [4.69, 9.17) is 4.74 Å². The van der Waals surface area contributed by atoms with E-state index < -0.39 is 0 Å². The molecule has 1 heterocycles. The predicted octanol–water partition coefficient (Wildman–Crippen LogP) is 4.25. The van der Waals surface area contributed by atoms with Gasteiger partial charge < -0.3 is 15.0 Å². The summed E-state index contributed by atoms with van der Waals surface area (Å²) in [5, 5.41) is 11.2. The molecule has 0 amide bonds. The quantitative estimate of drug-likeness (QED) is 0.696. The van der Waals surface area contributed by atoms with Crippen LogP contribution in [-0.4, -0.2) is 28.3 Å². The molecule has 0 aliphatic heterocycles. The van der Waals surface area contributed by atoms with Crippen molar-refractivity contribution in [3.8, 4) is 11.5 Å². The Morgan fingerprint density at radius 1 is 0.920 bits per heavy atom. The molecule has 0 aliphatic carbocycles. The molecular formula is C19H21N5O. The zero-order valence-electron chi connectivity index (χ0n) is 14.4. The molecule has 0 aliphatic rings. The Morgan fingerprint density at radius 2 is 1.60 bits per heavy atom. The van der Waals surface area contributed by atoms with Gasteiger partial charge in [-0.25, -0.2) is 0 Å². The molecule has 0 saturated carbocycles. The normalized spacial score (nSPS) is 10.3. The first kappa shape index (κ1) is 16.7. The van der Waals surface area contributed by atoms with Crippen LogP contribution in [-0.2, 0) is 0 Å². The third kappa shape index (κ3) is 4.44. The summed E-state index contributed by atoms with van der Waals surface area (Å²) < 4.78 is 5.79. The number of anilines is 3. The molecule has 0 saturated heterocycles. The first-order valence-electron chi connectivity index (χ1n) is 8.33. The number of aromatic nitrogens is 3. The van der Waals surface area contributed by atoms with Crippen molar-refractivity contribution in [2.45, 2.75) is 13.8 Å². The van der Waals surface area contributed by atoms with Crippen LogP contribution in [0.2, 0.25) is 0 Å². The highest BCUT2D eigenvalue weighted by molar-refractivity contribution is 5.55. The van der Waals surface area contributed by atoms with Crippen molar-refractivity contribution < 1.29 is 4.74 Å². The Labute approximate surface area is 147 Å². The molecule has 3 rings (SSSR count). The summed E-state index contributed by atoms with van der Waals surface area (Å²) in [7, 11) is 0. The van der Waals surface area contributed by atoms with Crippen LogP contribution in [0.4, 0.5) is 17.5 Å². The lowest BCUT2D eigenvalue weighted by Crippen LogP contribution is -2.23. The lowest BCUT2D eigenvalue weighted by Gasteiger charge is -2.19. The number of benzene rings is 2. The van der Waals surface area contributed by atoms with E-state index in [1.54, 1.807) is 6.20 Å². The van der Waals surface area contributed by atoms with Crippen LogP contribution in [0.1, 0.15) is 13.8 Å². The Balaban J connectivity index is 1.68. The van der Waals surface area contributed by atoms with Gasteiger partial charge in [-0.3, -0.25) is 0 Å². The van der Waals surface area contributed by atoms with E-state index in [1.807, 2.05) is 54.6 Å². The van der Waals surface area contributed by atoms with Crippen LogP contribution < -0.4 is 15.0 Å². The summed E-state index contributed by atoms with van der Waals surface area (Å²) in [5.41, 5.74) is 0.874. The molecule has 0 fully saturated rings. The molecule has 0 radical (unpaired) electrons. The number of para-hydroxylation sites is 1. The van der Waals surface area contributed by atoms with Gasteiger partial charge in [0.25, 0.3) is 0 Å². The highest BCUT2D eigenvalue weighted by Crippen LogP contribution is 2.23. The van der Waals surface area contributed by atoms with Crippen molar-refractivity contribution in [1.82, 2.24) is 15.2 Å². The smallest absolute Gasteiger partial charge is 0.249 e. The maximum absolute atomic E-state index is 5.79. The molecule has 0 atom stereocenters. The number of nitrogens with one attached hydrogen (secondary N) is 1. The van der Waals surface area contributed by atoms with Gasteiger partial charge >= 0.3 is 0 Å². The summed E-state index contributed by atoms with van der Waals surface area (Å²) in [4.78, 5) is 6.63. The number of hydrogen-bond acceptors (Lipinski definition) is 6. The van der Waals surface area contributed by atoms with Gasteiger partial charge in [0.1, 0.15) is 11.5 Å². The average molecular weight is 335 g/mol. The fourth-order valence-electron chi connectivity index (χ4n) is 2.41. The van der Waals surface area contributed by atoms with Crippen LogP contribution in [0, 0.1) is 0 Å². The van der Waals surface area contributed by atoms with E-state index >= 15 is 0 Å². The van der Waals surface area contributed by atoms with Gasteiger partial charge in [-0.05, 0) is 50.2 Å². The first-order chi connectivity index (χ1) is 12.3. The first-order valence-corrected chi connectivity index (χ1v) is 8.33. The summed E-state index contributed by atoms with van der Waals surface area (Å²) in [6, 6.07) is 17.3. The summed E-state index contributed by atoms with van der Waals surface area (Å²) >= 11 is 0. The van der Waals surface area contributed by atoms with E-state index in [1.165, 1.54) is 0 Å². The van der Waals surface area contributed by atoms with Crippen LogP contribution in [0.5, 0.6) is 11.5 Å². The highest BCUT2D eigenvalue weighted by Gasteiger charge is 2.07. The maximum Gasteiger partial charge on any atom is 0.249 e. The van der Waals surface area contributed by atoms with Gasteiger partial charge in [0.2, 0.25) is 5.95 Å². The zero-order chi connectivity index (χ0) is 17.5. The Hall–Kier alpha value is -3.15. The monoisotopic (exact) mass is 335 g/mol. The zero-order valence-corrected chi connectivity index (χ0v) is 14.4. The number of ether oxygens (including phenoxy) is 1. The van der Waals surface area contributed by atoms with Gasteiger partial charge in [-0.15, -0.1) is 5.10 Å². The standard InChI is InChI=1S/C19H21N5O/c1-3-24(4-2)18-14-20-23-19(22-18)21-15-10-12-17(13-11-15)25-16-8-6-5-7-9-16/h5-14H,3-4H2,1-2H3,(H,21,22,23). The molecule has 0 bridgehead atoms. The van der Waals surface area contributed by atoms with E-state index in [0.29, 0.717) is 5.95 Å². The lowest BCUT2D eigenvalue weighted by atomic mass is 10.3. The SMILES string of the molecule is CCN(CC)c1cnnc(Nc2ccc(Oc3ccccc3)cc2)n1. The summed E-state index contributed by atoms with van der Waals surface area (Å²) in [6.07, 6.45) is 1.68. The second kappa shape index (κ2) is 8.10. The van der Waals surface area contributed by atoms with E-state index in [2.05, 4.69) is 39.2 Å². The third-order valence-electron chi connectivity index (χ3n) is 3.72. The maximum atomic E-state index is 5.79. The average Bonchev–Trinajstić information content (AvgIpc) is 2.66. The lowest BCUT2D eigenvalue weighted by molar-refractivity contribution is 0.483. The molecule has 6 nitrogen and oxygen atoms in total. The minimum Gasteiger partial charge on any atom is -0.457 e. The molecule has 6 heteroatoms. The number of rotatable bonds is 7. The van der Waals surface area contributed by atoms with Gasteiger partial charge in [-0.1, -0.05) is 18.2 Å². The van der Waals surface area contributed by atoms with Crippen LogP contribution in [0.15, 0.2) is 60.8 Å². The van der Waals surface area contributed by atoms with E-state index in [-0.39, 0.29) is 0 Å². The Bertz CT molecular complexity index is 788. The second-order valence-electron chi connectivity index (χ2n) is 5.37. The van der Waals surface area contributed by atoms with Crippen LogP contribution in [0.3, 0.4) is 0 Å². The molecule has 1 N–H and O–H groups in total. The Morgan fingerprint density at radius 3 is 2.28 bits per heavy atom. The Kier molecular flexibility index (Phi) is 5.41. The van der Waals surface area contributed by atoms with Gasteiger partial charge in [0.15, 0.2) is 5.82 Å². The van der Waals surface area contributed by atoms with Gasteiger partial charge in [-0.2, -0.15) is 10.1 Å². The largest absolute Gasteiger partial charge is 0.457 e.